The summed E-state index contributed by atoms with van der Waals surface area (Å²) in [4.78, 5) is 28.0. The average molecular weight is 666 g/mol. The minimum Gasteiger partial charge on any atom is -1.00 e. The van der Waals surface area contributed by atoms with Gasteiger partial charge in [-0.05, 0) is 119 Å². The Bertz CT molecular complexity index is 996. The molecule has 4 saturated carbocycles. The molecule has 0 aromatic rings. The van der Waals surface area contributed by atoms with E-state index in [2.05, 4.69) is 32.7 Å². The monoisotopic (exact) mass is 664 g/mol. The van der Waals surface area contributed by atoms with Gasteiger partial charge >= 0.3 is 11.9 Å². The first kappa shape index (κ1) is 33.7. The van der Waals surface area contributed by atoms with Crippen LogP contribution in [0.25, 0.3) is 0 Å². The highest BCUT2D eigenvalue weighted by molar-refractivity contribution is 5.69. The van der Waals surface area contributed by atoms with Crippen molar-refractivity contribution in [1.29, 1.82) is 0 Å². The van der Waals surface area contributed by atoms with Gasteiger partial charge in [0.1, 0.15) is 12.1 Å². The van der Waals surface area contributed by atoms with Crippen molar-refractivity contribution in [2.75, 3.05) is 33.2 Å². The van der Waals surface area contributed by atoms with E-state index in [4.69, 9.17) is 9.47 Å². The SMILES string of the molecule is CCCC(=O)O[C@@H]1[C@@H]([N+]2(C)CCCCC2)CC2C3CC[C@H]4C[C@H](OC(C)=O)C(N5CCCCC5)C[C@]4(C)C3CC[C@@]21C.[Br-]. The molecule has 4 unspecified atom stereocenters. The summed E-state index contributed by atoms with van der Waals surface area (Å²) in [6, 6.07) is 0.797. The molecule has 6 fully saturated rings. The number of ether oxygens (including phenoxy) is 2. The van der Waals surface area contributed by atoms with Crippen molar-refractivity contribution in [1.82, 2.24) is 4.90 Å². The number of carbonyl (C=O) groups is 2. The molecule has 246 valence electrons. The maximum atomic E-state index is 13.1. The second kappa shape index (κ2) is 13.2. The first-order chi connectivity index (χ1) is 20.1. The molecule has 0 N–H and O–H groups in total. The third-order valence-corrected chi connectivity index (χ3v) is 14.1. The van der Waals surface area contributed by atoms with Gasteiger partial charge < -0.3 is 30.9 Å². The molecule has 0 spiro atoms. The molecule has 0 aromatic heterocycles. The second-order valence-electron chi connectivity index (χ2n) is 16.4. The third kappa shape index (κ3) is 6.11. The van der Waals surface area contributed by atoms with Crippen LogP contribution in [0.2, 0.25) is 0 Å². The van der Waals surface area contributed by atoms with E-state index in [1.54, 1.807) is 6.92 Å². The molecule has 2 aliphatic heterocycles. The molecular formula is C36H61BrN2O4. The lowest BCUT2D eigenvalue weighted by atomic mass is 9.44. The van der Waals surface area contributed by atoms with Crippen molar-refractivity contribution in [3.63, 3.8) is 0 Å². The summed E-state index contributed by atoms with van der Waals surface area (Å²) in [5.74, 6) is 2.63. The fourth-order valence-corrected chi connectivity index (χ4v) is 11.9. The van der Waals surface area contributed by atoms with Gasteiger partial charge in [0.2, 0.25) is 0 Å². The number of rotatable bonds is 6. The van der Waals surface area contributed by atoms with Crippen LogP contribution in [0.15, 0.2) is 0 Å². The zero-order valence-corrected chi connectivity index (χ0v) is 29.5. The Labute approximate surface area is 272 Å². The summed E-state index contributed by atoms with van der Waals surface area (Å²) >= 11 is 0. The summed E-state index contributed by atoms with van der Waals surface area (Å²) < 4.78 is 13.8. The van der Waals surface area contributed by atoms with Crippen LogP contribution in [0.5, 0.6) is 0 Å². The number of carbonyl (C=O) groups excluding carboxylic acids is 2. The Kier molecular flexibility index (Phi) is 10.4. The van der Waals surface area contributed by atoms with Crippen molar-refractivity contribution < 1.29 is 40.5 Å². The zero-order chi connectivity index (χ0) is 29.7. The third-order valence-electron chi connectivity index (χ3n) is 14.1. The maximum Gasteiger partial charge on any atom is 0.306 e. The first-order valence-corrected chi connectivity index (χ1v) is 18.0. The Morgan fingerprint density at radius 3 is 2.26 bits per heavy atom. The van der Waals surface area contributed by atoms with Gasteiger partial charge in [0.15, 0.2) is 6.10 Å². The van der Waals surface area contributed by atoms with Crippen LogP contribution >= 0.6 is 0 Å². The predicted molar refractivity (Wildman–Crippen MR) is 166 cm³/mol. The van der Waals surface area contributed by atoms with Crippen LogP contribution < -0.4 is 17.0 Å². The highest BCUT2D eigenvalue weighted by Gasteiger charge is 2.67. The van der Waals surface area contributed by atoms with E-state index >= 15 is 0 Å². The number of fused-ring (bicyclic) bond motifs is 5. The molecule has 4 aliphatic carbocycles. The molecule has 7 heteroatoms. The number of halogens is 1. The Morgan fingerprint density at radius 1 is 0.884 bits per heavy atom. The Morgan fingerprint density at radius 2 is 1.58 bits per heavy atom. The lowest BCUT2D eigenvalue weighted by Gasteiger charge is -2.62. The summed E-state index contributed by atoms with van der Waals surface area (Å²) in [7, 11) is 2.49. The second-order valence-corrected chi connectivity index (χ2v) is 16.4. The van der Waals surface area contributed by atoms with Crippen molar-refractivity contribution in [2.45, 2.75) is 148 Å². The quantitative estimate of drug-likeness (QED) is 0.320. The van der Waals surface area contributed by atoms with Gasteiger partial charge in [0, 0.05) is 31.2 Å². The minimum atomic E-state index is -0.109. The molecule has 10 atom stereocenters. The number of piperidine rings is 2. The highest BCUT2D eigenvalue weighted by Crippen LogP contribution is 2.67. The first-order valence-electron chi connectivity index (χ1n) is 18.0. The van der Waals surface area contributed by atoms with Crippen molar-refractivity contribution in [2.24, 2.45) is 34.5 Å². The van der Waals surface area contributed by atoms with Crippen molar-refractivity contribution in [3.05, 3.63) is 0 Å². The molecule has 6 aliphatic rings. The number of esters is 2. The molecule has 0 aromatic carbocycles. The van der Waals surface area contributed by atoms with Gasteiger partial charge in [-0.25, -0.2) is 0 Å². The maximum absolute atomic E-state index is 13.1. The van der Waals surface area contributed by atoms with Crippen LogP contribution in [0.1, 0.15) is 124 Å². The Hall–Kier alpha value is -0.660. The van der Waals surface area contributed by atoms with Crippen LogP contribution in [0.4, 0.5) is 0 Å². The number of nitrogens with zero attached hydrogens (tertiary/aromatic N) is 2. The fourth-order valence-electron chi connectivity index (χ4n) is 11.9. The normalized spacial score (nSPS) is 44.2. The van der Waals surface area contributed by atoms with E-state index in [0.29, 0.717) is 41.7 Å². The topological polar surface area (TPSA) is 55.8 Å². The van der Waals surface area contributed by atoms with Crippen molar-refractivity contribution in [3.8, 4) is 0 Å². The van der Waals surface area contributed by atoms with Crippen LogP contribution in [-0.2, 0) is 19.1 Å². The lowest BCUT2D eigenvalue weighted by Crippen LogP contribution is -3.00. The van der Waals surface area contributed by atoms with Gasteiger partial charge in [-0.3, -0.25) is 14.5 Å². The van der Waals surface area contributed by atoms with E-state index in [0.717, 1.165) is 36.3 Å². The minimum absolute atomic E-state index is 0. The number of likely N-dealkylation sites (tertiary alicyclic amines) is 2. The van der Waals surface area contributed by atoms with Crippen LogP contribution in [0, 0.1) is 34.5 Å². The average Bonchev–Trinajstić information content (AvgIpc) is 3.26. The summed E-state index contributed by atoms with van der Waals surface area (Å²) in [5.41, 5.74) is 0.372. The molecule has 2 heterocycles. The Balaban J connectivity index is 0.00000368. The van der Waals surface area contributed by atoms with Gasteiger partial charge in [-0.1, -0.05) is 27.2 Å². The highest BCUT2D eigenvalue weighted by atomic mass is 79.9. The number of quaternary nitrogens is 1. The van der Waals surface area contributed by atoms with Gasteiger partial charge in [0.25, 0.3) is 0 Å². The van der Waals surface area contributed by atoms with E-state index in [1.165, 1.54) is 90.1 Å². The smallest absolute Gasteiger partial charge is 0.306 e. The molecule has 0 bridgehead atoms. The van der Waals surface area contributed by atoms with E-state index in [1.807, 2.05) is 0 Å². The molecule has 43 heavy (non-hydrogen) atoms. The van der Waals surface area contributed by atoms with Crippen molar-refractivity contribution >= 4 is 11.9 Å². The van der Waals surface area contributed by atoms with E-state index < -0.39 is 0 Å². The largest absolute Gasteiger partial charge is 1.00 e. The molecule has 6 nitrogen and oxygen atoms in total. The van der Waals surface area contributed by atoms with E-state index in [-0.39, 0.29) is 46.5 Å². The van der Waals surface area contributed by atoms with Gasteiger partial charge in [-0.2, -0.15) is 0 Å². The summed E-state index contributed by atoms with van der Waals surface area (Å²) in [5, 5.41) is 0. The van der Waals surface area contributed by atoms with Crippen LogP contribution in [-0.4, -0.2) is 78.8 Å². The van der Waals surface area contributed by atoms with Gasteiger partial charge in [0.05, 0.1) is 20.1 Å². The standard InChI is InChI=1S/C36H61N2O4.BrH/c1-6-13-33(40)42-34-31(38(5)20-11-8-12-21-38)23-29-27-15-14-26-22-32(41-25(2)39)30(37-18-9-7-10-19-37)24-36(26,4)28(27)16-17-35(29,34)3;/h26-32,34H,6-24H2,1-5H3;1H/q+1;/p-1/t26-,27?,28?,29?,30?,31-,32-,34+,35-,36-;/m0./s1. The molecular weight excluding hydrogens is 604 g/mol. The fraction of sp³-hybridized carbons (Fsp3) is 0.944. The van der Waals surface area contributed by atoms with Crippen LogP contribution in [0.3, 0.4) is 0 Å². The molecule has 2 saturated heterocycles. The zero-order valence-electron chi connectivity index (χ0n) is 28.0. The number of likely N-dealkylation sites (N-methyl/N-ethyl adjacent to an activating group) is 1. The lowest BCUT2D eigenvalue weighted by molar-refractivity contribution is -0.940. The molecule has 0 amide bonds. The summed E-state index contributed by atoms with van der Waals surface area (Å²) in [6.07, 6.45) is 17.7. The number of hydrogen-bond donors (Lipinski definition) is 0. The summed E-state index contributed by atoms with van der Waals surface area (Å²) in [6.45, 7) is 13.6. The van der Waals surface area contributed by atoms with E-state index in [9.17, 15) is 9.59 Å². The molecule has 6 rings (SSSR count). The number of hydrogen-bond acceptors (Lipinski definition) is 5. The van der Waals surface area contributed by atoms with Gasteiger partial charge in [-0.15, -0.1) is 0 Å². The predicted octanol–water partition coefficient (Wildman–Crippen LogP) is 3.75. The molecule has 0 radical (unpaired) electrons.